The third-order valence-electron chi connectivity index (χ3n) is 2.33. The lowest BCUT2D eigenvalue weighted by Crippen LogP contribution is -2.12. The molecular weight excluding hydrogens is 461 g/mol. The Morgan fingerprint density at radius 1 is 1.05 bits per heavy atom. The van der Waals surface area contributed by atoms with Crippen molar-refractivity contribution >= 4 is 71.0 Å². The number of carbonyl (C=O) groups excluding carboxylic acids is 1. The van der Waals surface area contributed by atoms with Gasteiger partial charge in [0.05, 0.1) is 5.69 Å². The van der Waals surface area contributed by atoms with Gasteiger partial charge in [-0.1, -0.05) is 33.6 Å². The van der Waals surface area contributed by atoms with Gasteiger partial charge in [-0.25, -0.2) is 0 Å². The second-order valence-electron chi connectivity index (χ2n) is 3.71. The monoisotopic (exact) mass is 465 g/mol. The Labute approximate surface area is 140 Å². The Balaban J connectivity index is 2.31. The van der Waals surface area contributed by atoms with Crippen LogP contribution >= 0.6 is 59.4 Å². The number of nitrogens with one attached hydrogen (secondary N) is 1. The van der Waals surface area contributed by atoms with Crippen LogP contribution in [0.4, 0.5) is 5.69 Å². The molecule has 0 bridgehead atoms. The first-order valence-corrected chi connectivity index (χ1v) is 7.94. The van der Waals surface area contributed by atoms with E-state index in [1.807, 2.05) is 18.2 Å². The van der Waals surface area contributed by atoms with E-state index in [1.165, 1.54) is 0 Å². The maximum Gasteiger partial charge on any atom is 0.255 e. The normalized spacial score (nSPS) is 10.3. The molecule has 0 unspecified atom stereocenters. The average molecular weight is 468 g/mol. The number of para-hydroxylation sites is 1. The molecule has 98 valence electrons. The smallest absolute Gasteiger partial charge is 0.255 e. The van der Waals surface area contributed by atoms with E-state index >= 15 is 0 Å². The van der Waals surface area contributed by atoms with Crippen molar-refractivity contribution in [3.8, 4) is 0 Å². The molecule has 2 aromatic carbocycles. The summed E-state index contributed by atoms with van der Waals surface area (Å²) in [7, 11) is 0. The Bertz CT molecular complexity index is 605. The van der Waals surface area contributed by atoms with Crippen LogP contribution in [0.15, 0.2) is 49.8 Å². The lowest BCUT2D eigenvalue weighted by molar-refractivity contribution is 0.102. The van der Waals surface area contributed by atoms with Crippen LogP contribution < -0.4 is 5.32 Å². The largest absolute Gasteiger partial charge is 0.320 e. The summed E-state index contributed by atoms with van der Waals surface area (Å²) in [5.74, 6) is -0.226. The first-order valence-electron chi connectivity index (χ1n) is 5.19. The topological polar surface area (TPSA) is 29.1 Å². The van der Waals surface area contributed by atoms with Crippen LogP contribution in [0, 0.1) is 0 Å². The van der Waals surface area contributed by atoms with Gasteiger partial charge in [0.25, 0.3) is 5.91 Å². The van der Waals surface area contributed by atoms with Crippen LogP contribution in [0.1, 0.15) is 10.4 Å². The van der Waals surface area contributed by atoms with Gasteiger partial charge in [0.1, 0.15) is 0 Å². The molecule has 2 nitrogen and oxygen atoms in total. The number of carbonyl (C=O) groups is 1. The summed E-state index contributed by atoms with van der Waals surface area (Å²) >= 11 is 16.0. The van der Waals surface area contributed by atoms with Gasteiger partial charge in [-0.15, -0.1) is 0 Å². The Morgan fingerprint density at radius 3 is 2.26 bits per heavy atom. The fourth-order valence-corrected chi connectivity index (χ4v) is 3.54. The summed E-state index contributed by atoms with van der Waals surface area (Å²) in [6, 6.07) is 10.6. The van der Waals surface area contributed by atoms with Crippen molar-refractivity contribution in [3.63, 3.8) is 0 Å². The molecule has 0 fully saturated rings. The van der Waals surface area contributed by atoms with E-state index in [0.717, 1.165) is 13.4 Å². The molecule has 0 saturated heterocycles. The van der Waals surface area contributed by atoms with Crippen LogP contribution in [0.3, 0.4) is 0 Å². The van der Waals surface area contributed by atoms with Gasteiger partial charge in [-0.3, -0.25) is 4.79 Å². The highest BCUT2D eigenvalue weighted by Gasteiger charge is 2.12. The maximum atomic E-state index is 12.2. The SMILES string of the molecule is O=C(Nc1c(Br)cccc1Br)c1cc(Cl)cc(Br)c1. The first kappa shape index (κ1) is 15.0. The molecule has 0 aliphatic heterocycles. The second kappa shape index (κ2) is 6.39. The van der Waals surface area contributed by atoms with Gasteiger partial charge in [0.15, 0.2) is 0 Å². The number of halogens is 4. The van der Waals surface area contributed by atoms with Crippen LogP contribution in [-0.2, 0) is 0 Å². The van der Waals surface area contributed by atoms with E-state index in [2.05, 4.69) is 53.1 Å². The van der Waals surface area contributed by atoms with Gasteiger partial charge >= 0.3 is 0 Å². The predicted molar refractivity (Wildman–Crippen MR) is 88.9 cm³/mol. The molecule has 1 N–H and O–H groups in total. The van der Waals surface area contributed by atoms with E-state index in [4.69, 9.17) is 11.6 Å². The minimum Gasteiger partial charge on any atom is -0.320 e. The molecule has 0 saturated carbocycles. The molecule has 0 atom stereocenters. The Morgan fingerprint density at radius 2 is 1.68 bits per heavy atom. The van der Waals surface area contributed by atoms with E-state index in [-0.39, 0.29) is 5.91 Å². The van der Waals surface area contributed by atoms with Crippen LogP contribution in [0.5, 0.6) is 0 Å². The summed E-state index contributed by atoms with van der Waals surface area (Å²) in [6.45, 7) is 0. The Hall–Kier alpha value is -0.360. The van der Waals surface area contributed by atoms with Crippen LogP contribution in [0.25, 0.3) is 0 Å². The van der Waals surface area contributed by atoms with Crippen molar-refractivity contribution in [1.82, 2.24) is 0 Å². The lowest BCUT2D eigenvalue weighted by atomic mass is 10.2. The number of hydrogen-bond donors (Lipinski definition) is 1. The second-order valence-corrected chi connectivity index (χ2v) is 6.77. The molecule has 0 aliphatic carbocycles. The molecule has 19 heavy (non-hydrogen) atoms. The highest BCUT2D eigenvalue weighted by Crippen LogP contribution is 2.31. The zero-order valence-electron chi connectivity index (χ0n) is 9.38. The molecule has 0 heterocycles. The molecule has 1 amide bonds. The van der Waals surface area contributed by atoms with E-state index in [9.17, 15) is 4.79 Å². The van der Waals surface area contributed by atoms with E-state index < -0.39 is 0 Å². The highest BCUT2D eigenvalue weighted by atomic mass is 79.9. The molecule has 6 heteroatoms. The Kier molecular flexibility index (Phi) is 5.06. The summed E-state index contributed by atoms with van der Waals surface area (Å²) in [6.07, 6.45) is 0. The van der Waals surface area contributed by atoms with Gasteiger partial charge in [-0.05, 0) is 62.2 Å². The quantitative estimate of drug-likeness (QED) is 0.586. The van der Waals surface area contributed by atoms with Crippen LogP contribution in [0.2, 0.25) is 5.02 Å². The molecule has 0 aliphatic rings. The van der Waals surface area contributed by atoms with E-state index in [0.29, 0.717) is 16.3 Å². The van der Waals surface area contributed by atoms with Crippen LogP contribution in [-0.4, -0.2) is 5.91 Å². The minimum absolute atomic E-state index is 0.226. The number of anilines is 1. The zero-order chi connectivity index (χ0) is 14.0. The number of hydrogen-bond acceptors (Lipinski definition) is 1. The van der Waals surface area contributed by atoms with Crippen molar-refractivity contribution in [1.29, 1.82) is 0 Å². The van der Waals surface area contributed by atoms with Crippen molar-refractivity contribution in [2.75, 3.05) is 5.32 Å². The summed E-state index contributed by atoms with van der Waals surface area (Å²) in [5, 5.41) is 3.34. The van der Waals surface area contributed by atoms with Gasteiger partial charge in [0.2, 0.25) is 0 Å². The fraction of sp³-hybridized carbons (Fsp3) is 0. The highest BCUT2D eigenvalue weighted by molar-refractivity contribution is 9.11. The molecule has 2 aromatic rings. The third-order valence-corrected chi connectivity index (χ3v) is 4.32. The summed E-state index contributed by atoms with van der Waals surface area (Å²) in [5.41, 5.74) is 1.17. The van der Waals surface area contributed by atoms with Crippen molar-refractivity contribution in [3.05, 3.63) is 60.4 Å². The van der Waals surface area contributed by atoms with Crippen molar-refractivity contribution < 1.29 is 4.79 Å². The number of benzene rings is 2. The first-order chi connectivity index (χ1) is 8.97. The molecular formula is C13H7Br3ClNO. The number of rotatable bonds is 2. The molecule has 0 aromatic heterocycles. The summed E-state index contributed by atoms with van der Waals surface area (Å²) in [4.78, 5) is 12.2. The average Bonchev–Trinajstić information content (AvgIpc) is 2.32. The van der Waals surface area contributed by atoms with Crippen molar-refractivity contribution in [2.24, 2.45) is 0 Å². The third kappa shape index (κ3) is 3.81. The standard InChI is InChI=1S/C13H7Br3ClNO/c14-8-4-7(5-9(17)6-8)13(19)18-12-10(15)2-1-3-11(12)16/h1-6H,(H,18,19). The minimum atomic E-state index is -0.226. The van der Waals surface area contributed by atoms with E-state index in [1.54, 1.807) is 18.2 Å². The molecule has 0 radical (unpaired) electrons. The van der Waals surface area contributed by atoms with Gasteiger partial charge in [0, 0.05) is 24.0 Å². The zero-order valence-corrected chi connectivity index (χ0v) is 14.9. The number of amides is 1. The fourth-order valence-electron chi connectivity index (χ4n) is 1.49. The summed E-state index contributed by atoms with van der Waals surface area (Å²) < 4.78 is 2.36. The van der Waals surface area contributed by atoms with Gasteiger partial charge in [-0.2, -0.15) is 0 Å². The predicted octanol–water partition coefficient (Wildman–Crippen LogP) is 5.88. The lowest BCUT2D eigenvalue weighted by Gasteiger charge is -2.10. The molecule has 2 rings (SSSR count). The molecule has 0 spiro atoms. The van der Waals surface area contributed by atoms with Crippen molar-refractivity contribution in [2.45, 2.75) is 0 Å². The van der Waals surface area contributed by atoms with Gasteiger partial charge < -0.3 is 5.32 Å². The maximum absolute atomic E-state index is 12.2.